The lowest BCUT2D eigenvalue weighted by Gasteiger charge is -2.07. The zero-order chi connectivity index (χ0) is 15.5. The number of nitrogens with zero attached hydrogens (tertiary/aromatic N) is 1. The Hall–Kier alpha value is -2.94. The fraction of sp³-hybridized carbons (Fsp3) is 0.0526. The number of fused-ring (bicyclic) bond motifs is 1. The number of rotatable bonds is 3. The van der Waals surface area contributed by atoms with E-state index in [0.717, 1.165) is 11.1 Å². The Morgan fingerprint density at radius 3 is 2.45 bits per heavy atom. The maximum absolute atomic E-state index is 11.5. The van der Waals surface area contributed by atoms with Gasteiger partial charge in [-0.15, -0.1) is 0 Å². The minimum atomic E-state index is -0.938. The predicted molar refractivity (Wildman–Crippen MR) is 88.7 cm³/mol. The van der Waals surface area contributed by atoms with Crippen LogP contribution in [0.15, 0.2) is 60.7 Å². The molecule has 1 N–H and O–H groups in total. The molecule has 0 unspecified atom stereocenters. The third-order valence-electron chi connectivity index (χ3n) is 3.53. The molecule has 108 valence electrons. The van der Waals surface area contributed by atoms with Gasteiger partial charge in [-0.05, 0) is 36.3 Å². The van der Waals surface area contributed by atoms with Crippen LogP contribution in [0, 0.1) is 0 Å². The highest BCUT2D eigenvalue weighted by Crippen LogP contribution is 2.23. The SMILES string of the molecule is C/C(=C/c1ccccc1)c1cc(C(=O)O)c2ccccc2n1. The molecule has 0 aliphatic heterocycles. The second-order valence-corrected chi connectivity index (χ2v) is 5.12. The Morgan fingerprint density at radius 1 is 1.05 bits per heavy atom. The first-order valence-corrected chi connectivity index (χ1v) is 7.02. The zero-order valence-electron chi connectivity index (χ0n) is 12.2. The highest BCUT2D eigenvalue weighted by Gasteiger charge is 2.12. The molecule has 0 saturated heterocycles. The van der Waals surface area contributed by atoms with E-state index in [1.54, 1.807) is 12.1 Å². The topological polar surface area (TPSA) is 50.2 Å². The number of pyridine rings is 1. The molecular formula is C19H15NO2. The summed E-state index contributed by atoms with van der Waals surface area (Å²) >= 11 is 0. The summed E-state index contributed by atoms with van der Waals surface area (Å²) in [5, 5.41) is 10.1. The number of aromatic carboxylic acids is 1. The summed E-state index contributed by atoms with van der Waals surface area (Å²) in [6.07, 6.45) is 2.00. The van der Waals surface area contributed by atoms with E-state index in [1.165, 1.54) is 0 Å². The Morgan fingerprint density at radius 2 is 1.73 bits per heavy atom. The molecule has 0 radical (unpaired) electrons. The summed E-state index contributed by atoms with van der Waals surface area (Å²) in [5.41, 5.74) is 3.64. The second-order valence-electron chi connectivity index (χ2n) is 5.12. The molecule has 0 bridgehead atoms. The Labute approximate surface area is 128 Å². The summed E-state index contributed by atoms with van der Waals surface area (Å²) < 4.78 is 0. The molecule has 0 fully saturated rings. The monoisotopic (exact) mass is 289 g/mol. The maximum atomic E-state index is 11.5. The lowest BCUT2D eigenvalue weighted by Crippen LogP contribution is -2.01. The quantitative estimate of drug-likeness (QED) is 0.772. The molecule has 0 saturated carbocycles. The lowest BCUT2D eigenvalue weighted by atomic mass is 10.0. The van der Waals surface area contributed by atoms with Crippen molar-refractivity contribution in [3.8, 4) is 0 Å². The predicted octanol–water partition coefficient (Wildman–Crippen LogP) is 4.49. The number of carboxylic acids is 1. The van der Waals surface area contributed by atoms with Gasteiger partial charge in [0.25, 0.3) is 0 Å². The van der Waals surface area contributed by atoms with Crippen LogP contribution in [0.2, 0.25) is 0 Å². The number of hydrogen-bond donors (Lipinski definition) is 1. The molecule has 3 nitrogen and oxygen atoms in total. The van der Waals surface area contributed by atoms with Gasteiger partial charge in [-0.3, -0.25) is 0 Å². The number of carbonyl (C=O) groups is 1. The Balaban J connectivity index is 2.15. The van der Waals surface area contributed by atoms with E-state index in [-0.39, 0.29) is 5.56 Å². The number of hydrogen-bond acceptors (Lipinski definition) is 2. The van der Waals surface area contributed by atoms with Crippen LogP contribution >= 0.6 is 0 Å². The molecule has 1 aromatic heterocycles. The van der Waals surface area contributed by atoms with Gasteiger partial charge in [-0.2, -0.15) is 0 Å². The molecule has 22 heavy (non-hydrogen) atoms. The number of para-hydroxylation sites is 1. The summed E-state index contributed by atoms with van der Waals surface area (Å²) in [6, 6.07) is 18.8. The van der Waals surface area contributed by atoms with Crippen LogP contribution in [0.1, 0.15) is 28.5 Å². The molecule has 0 aliphatic rings. The zero-order valence-corrected chi connectivity index (χ0v) is 12.2. The molecule has 3 aromatic rings. The van der Waals surface area contributed by atoms with Crippen molar-refractivity contribution in [1.82, 2.24) is 4.98 Å². The van der Waals surface area contributed by atoms with Crippen molar-refractivity contribution in [2.75, 3.05) is 0 Å². The Bertz CT molecular complexity index is 867. The number of carboxylic acid groups (broad SMARTS) is 1. The minimum Gasteiger partial charge on any atom is -0.478 e. The van der Waals surface area contributed by atoms with E-state index in [4.69, 9.17) is 0 Å². The van der Waals surface area contributed by atoms with Gasteiger partial charge in [0.1, 0.15) is 0 Å². The van der Waals surface area contributed by atoms with E-state index >= 15 is 0 Å². The van der Waals surface area contributed by atoms with Crippen molar-refractivity contribution in [2.24, 2.45) is 0 Å². The smallest absolute Gasteiger partial charge is 0.336 e. The van der Waals surface area contributed by atoms with E-state index in [9.17, 15) is 9.90 Å². The van der Waals surface area contributed by atoms with Gasteiger partial charge in [0.05, 0.1) is 16.8 Å². The van der Waals surface area contributed by atoms with Crippen LogP contribution in [0.4, 0.5) is 0 Å². The molecule has 0 atom stereocenters. The Kier molecular flexibility index (Phi) is 3.71. The summed E-state index contributed by atoms with van der Waals surface area (Å²) in [4.78, 5) is 16.1. The normalized spacial score (nSPS) is 11.6. The van der Waals surface area contributed by atoms with Gasteiger partial charge in [0.2, 0.25) is 0 Å². The molecule has 0 amide bonds. The van der Waals surface area contributed by atoms with E-state index in [0.29, 0.717) is 16.6 Å². The maximum Gasteiger partial charge on any atom is 0.336 e. The third kappa shape index (κ3) is 2.74. The van der Waals surface area contributed by atoms with Crippen LogP contribution < -0.4 is 0 Å². The number of benzene rings is 2. The van der Waals surface area contributed by atoms with Gasteiger partial charge < -0.3 is 5.11 Å². The van der Waals surface area contributed by atoms with E-state index in [1.807, 2.05) is 61.5 Å². The first kappa shape index (κ1) is 14.0. The summed E-state index contributed by atoms with van der Waals surface area (Å²) in [6.45, 7) is 1.94. The number of aromatic nitrogens is 1. The summed E-state index contributed by atoms with van der Waals surface area (Å²) in [7, 11) is 0. The van der Waals surface area contributed by atoms with Gasteiger partial charge >= 0.3 is 5.97 Å². The highest BCUT2D eigenvalue weighted by atomic mass is 16.4. The molecule has 3 heteroatoms. The van der Waals surface area contributed by atoms with Gasteiger partial charge in [-0.25, -0.2) is 9.78 Å². The standard InChI is InChI=1S/C19H15NO2/c1-13(11-14-7-3-2-4-8-14)18-12-16(19(21)22)15-9-5-6-10-17(15)20-18/h2-12H,1H3,(H,21,22)/b13-11-. The molecule has 2 aromatic carbocycles. The van der Waals surface area contributed by atoms with Crippen LogP contribution in [0.25, 0.3) is 22.6 Å². The van der Waals surface area contributed by atoms with E-state index in [2.05, 4.69) is 4.98 Å². The first-order chi connectivity index (χ1) is 10.6. The molecule has 0 spiro atoms. The fourth-order valence-corrected chi connectivity index (χ4v) is 2.43. The average Bonchev–Trinajstić information content (AvgIpc) is 2.54. The van der Waals surface area contributed by atoms with Crippen molar-refractivity contribution in [2.45, 2.75) is 6.92 Å². The molecule has 1 heterocycles. The minimum absolute atomic E-state index is 0.279. The van der Waals surface area contributed by atoms with Crippen LogP contribution in [0.5, 0.6) is 0 Å². The van der Waals surface area contributed by atoms with Gasteiger partial charge in [-0.1, -0.05) is 48.5 Å². The van der Waals surface area contributed by atoms with Crippen molar-refractivity contribution in [3.05, 3.63) is 77.5 Å². The molecule has 3 rings (SSSR count). The first-order valence-electron chi connectivity index (χ1n) is 7.02. The van der Waals surface area contributed by atoms with E-state index < -0.39 is 5.97 Å². The number of allylic oxidation sites excluding steroid dienone is 1. The third-order valence-corrected chi connectivity index (χ3v) is 3.53. The van der Waals surface area contributed by atoms with Crippen molar-refractivity contribution < 1.29 is 9.90 Å². The van der Waals surface area contributed by atoms with Crippen LogP contribution in [-0.2, 0) is 0 Å². The molecular weight excluding hydrogens is 274 g/mol. The largest absolute Gasteiger partial charge is 0.478 e. The van der Waals surface area contributed by atoms with Crippen molar-refractivity contribution >= 4 is 28.5 Å². The van der Waals surface area contributed by atoms with Gasteiger partial charge in [0, 0.05) is 5.39 Å². The van der Waals surface area contributed by atoms with Crippen LogP contribution in [0.3, 0.4) is 0 Å². The second kappa shape index (κ2) is 5.82. The average molecular weight is 289 g/mol. The highest BCUT2D eigenvalue weighted by molar-refractivity contribution is 6.03. The molecule has 0 aliphatic carbocycles. The fourth-order valence-electron chi connectivity index (χ4n) is 2.43. The van der Waals surface area contributed by atoms with Crippen molar-refractivity contribution in [3.63, 3.8) is 0 Å². The summed E-state index contributed by atoms with van der Waals surface area (Å²) in [5.74, 6) is -0.938. The van der Waals surface area contributed by atoms with Gasteiger partial charge in [0.15, 0.2) is 0 Å². The van der Waals surface area contributed by atoms with Crippen LogP contribution in [-0.4, -0.2) is 16.1 Å². The lowest BCUT2D eigenvalue weighted by molar-refractivity contribution is 0.0699. The van der Waals surface area contributed by atoms with Crippen molar-refractivity contribution in [1.29, 1.82) is 0 Å².